The number of aryl methyl sites for hydroxylation is 1. The third-order valence-corrected chi connectivity index (χ3v) is 4.19. The predicted molar refractivity (Wildman–Crippen MR) is 78.1 cm³/mol. The van der Waals surface area contributed by atoms with E-state index in [2.05, 4.69) is 30.1 Å². The minimum Gasteiger partial charge on any atom is -0.329 e. The number of carbonyl (C=O) groups excluding carboxylic acids is 1. The van der Waals surface area contributed by atoms with Gasteiger partial charge in [-0.15, -0.1) is 0 Å². The summed E-state index contributed by atoms with van der Waals surface area (Å²) >= 11 is 0. The maximum atomic E-state index is 12.4. The summed E-state index contributed by atoms with van der Waals surface area (Å²) in [6.07, 6.45) is 1.73. The summed E-state index contributed by atoms with van der Waals surface area (Å²) in [4.78, 5) is 14.5. The van der Waals surface area contributed by atoms with Crippen molar-refractivity contribution in [2.75, 3.05) is 18.9 Å². The first-order chi connectivity index (χ1) is 8.95. The summed E-state index contributed by atoms with van der Waals surface area (Å²) in [5, 5.41) is 3.03. The first kappa shape index (κ1) is 14.0. The van der Waals surface area contributed by atoms with Gasteiger partial charge in [0.2, 0.25) is 5.91 Å². The van der Waals surface area contributed by atoms with E-state index in [1.165, 1.54) is 5.56 Å². The molecule has 1 aliphatic heterocycles. The van der Waals surface area contributed by atoms with Gasteiger partial charge in [0, 0.05) is 17.8 Å². The van der Waals surface area contributed by atoms with E-state index in [0.29, 0.717) is 6.54 Å². The number of rotatable bonds is 3. The van der Waals surface area contributed by atoms with Gasteiger partial charge in [0.05, 0.1) is 6.04 Å². The summed E-state index contributed by atoms with van der Waals surface area (Å²) in [6.45, 7) is 4.66. The molecular formula is C15H23N3O. The number of amides is 1. The van der Waals surface area contributed by atoms with Crippen molar-refractivity contribution in [3.8, 4) is 0 Å². The van der Waals surface area contributed by atoms with Gasteiger partial charge in [-0.05, 0) is 45.4 Å². The number of nitrogens with two attached hydrogens (primary N) is 1. The molecule has 0 bridgehead atoms. The second kappa shape index (κ2) is 5.31. The fourth-order valence-corrected chi connectivity index (χ4v) is 2.43. The Hall–Kier alpha value is -1.39. The van der Waals surface area contributed by atoms with E-state index < -0.39 is 0 Å². The number of hydrogen-bond acceptors (Lipinski definition) is 3. The van der Waals surface area contributed by atoms with Crippen LogP contribution in [-0.2, 0) is 11.2 Å². The number of benzene rings is 1. The molecule has 19 heavy (non-hydrogen) atoms. The van der Waals surface area contributed by atoms with Gasteiger partial charge < -0.3 is 11.1 Å². The Bertz CT molecular complexity index is 470. The summed E-state index contributed by atoms with van der Waals surface area (Å²) in [5.74, 6) is 0.0639. The quantitative estimate of drug-likeness (QED) is 0.869. The Morgan fingerprint density at radius 2 is 2.11 bits per heavy atom. The SMILES string of the molecule is CN(C1CCc2ccccc2NC1=O)C(C)(C)CN. The first-order valence-electron chi connectivity index (χ1n) is 6.77. The van der Waals surface area contributed by atoms with Crippen LogP contribution in [-0.4, -0.2) is 36.0 Å². The van der Waals surface area contributed by atoms with Crippen LogP contribution in [0, 0.1) is 0 Å². The number of nitrogens with zero attached hydrogens (tertiary/aromatic N) is 1. The molecule has 1 aliphatic rings. The molecule has 0 saturated heterocycles. The fraction of sp³-hybridized carbons (Fsp3) is 0.533. The summed E-state index contributed by atoms with van der Waals surface area (Å²) in [5.41, 5.74) is 7.77. The fourth-order valence-electron chi connectivity index (χ4n) is 2.43. The Balaban J connectivity index is 2.21. The van der Waals surface area contributed by atoms with E-state index in [9.17, 15) is 4.79 Å². The maximum absolute atomic E-state index is 12.4. The normalized spacial score (nSPS) is 19.8. The number of para-hydroxylation sites is 1. The molecular weight excluding hydrogens is 238 g/mol. The van der Waals surface area contributed by atoms with Gasteiger partial charge in [-0.25, -0.2) is 0 Å². The van der Waals surface area contributed by atoms with Gasteiger partial charge in [-0.2, -0.15) is 0 Å². The topological polar surface area (TPSA) is 58.4 Å². The second-order valence-corrected chi connectivity index (χ2v) is 5.83. The number of fused-ring (bicyclic) bond motifs is 1. The van der Waals surface area contributed by atoms with Crippen LogP contribution in [0.1, 0.15) is 25.8 Å². The largest absolute Gasteiger partial charge is 0.329 e. The number of anilines is 1. The zero-order valence-corrected chi connectivity index (χ0v) is 11.9. The lowest BCUT2D eigenvalue weighted by Crippen LogP contribution is -2.55. The van der Waals surface area contributed by atoms with Crippen molar-refractivity contribution in [2.45, 2.75) is 38.3 Å². The first-order valence-corrected chi connectivity index (χ1v) is 6.77. The molecule has 1 aromatic carbocycles. The lowest BCUT2D eigenvalue weighted by molar-refractivity contribution is -0.122. The average molecular weight is 261 g/mol. The number of hydrogen-bond donors (Lipinski definition) is 2. The van der Waals surface area contributed by atoms with Crippen molar-refractivity contribution < 1.29 is 4.79 Å². The van der Waals surface area contributed by atoms with E-state index >= 15 is 0 Å². The molecule has 4 nitrogen and oxygen atoms in total. The third-order valence-electron chi connectivity index (χ3n) is 4.19. The predicted octanol–water partition coefficient (Wildman–Crippen LogP) is 1.61. The molecule has 1 heterocycles. The maximum Gasteiger partial charge on any atom is 0.241 e. The van der Waals surface area contributed by atoms with Crippen LogP contribution in [0.25, 0.3) is 0 Å². The van der Waals surface area contributed by atoms with Crippen molar-refractivity contribution in [3.05, 3.63) is 29.8 Å². The number of likely N-dealkylation sites (N-methyl/N-ethyl adjacent to an activating group) is 1. The highest BCUT2D eigenvalue weighted by Crippen LogP contribution is 2.25. The van der Waals surface area contributed by atoms with Gasteiger partial charge in [0.1, 0.15) is 0 Å². The highest BCUT2D eigenvalue weighted by Gasteiger charge is 2.34. The van der Waals surface area contributed by atoms with E-state index in [1.54, 1.807) is 0 Å². The molecule has 0 aromatic heterocycles. The van der Waals surface area contributed by atoms with Gasteiger partial charge in [0.25, 0.3) is 0 Å². The minimum atomic E-state index is -0.182. The molecule has 104 valence electrons. The molecule has 0 saturated carbocycles. The molecule has 3 N–H and O–H groups in total. The van der Waals surface area contributed by atoms with Crippen molar-refractivity contribution in [1.82, 2.24) is 4.90 Å². The van der Waals surface area contributed by atoms with Crippen LogP contribution in [0.2, 0.25) is 0 Å². The monoisotopic (exact) mass is 261 g/mol. The van der Waals surface area contributed by atoms with Crippen LogP contribution < -0.4 is 11.1 Å². The molecule has 4 heteroatoms. The lowest BCUT2D eigenvalue weighted by Gasteiger charge is -2.39. The highest BCUT2D eigenvalue weighted by molar-refractivity contribution is 5.96. The third kappa shape index (κ3) is 2.80. The highest BCUT2D eigenvalue weighted by atomic mass is 16.2. The van der Waals surface area contributed by atoms with Crippen LogP contribution in [0.3, 0.4) is 0 Å². The van der Waals surface area contributed by atoms with E-state index in [-0.39, 0.29) is 17.5 Å². The molecule has 2 rings (SSSR count). The smallest absolute Gasteiger partial charge is 0.241 e. The molecule has 1 atom stereocenters. The second-order valence-electron chi connectivity index (χ2n) is 5.83. The van der Waals surface area contributed by atoms with Crippen LogP contribution >= 0.6 is 0 Å². The molecule has 1 amide bonds. The molecule has 1 unspecified atom stereocenters. The zero-order valence-electron chi connectivity index (χ0n) is 11.9. The molecule has 0 radical (unpaired) electrons. The standard InChI is InChI=1S/C15H23N3O/c1-15(2,10-16)18(3)13-9-8-11-6-4-5-7-12(11)17-14(13)19/h4-7,13H,8-10,16H2,1-3H3,(H,17,19). The Morgan fingerprint density at radius 3 is 2.79 bits per heavy atom. The molecule has 0 spiro atoms. The lowest BCUT2D eigenvalue weighted by atomic mass is 9.98. The van der Waals surface area contributed by atoms with E-state index in [4.69, 9.17) is 5.73 Å². The van der Waals surface area contributed by atoms with Crippen molar-refractivity contribution in [1.29, 1.82) is 0 Å². The molecule has 0 fully saturated rings. The Labute approximate surface area is 115 Å². The Morgan fingerprint density at radius 1 is 1.42 bits per heavy atom. The van der Waals surface area contributed by atoms with Crippen molar-refractivity contribution in [2.24, 2.45) is 5.73 Å². The minimum absolute atomic E-state index is 0.0639. The van der Waals surface area contributed by atoms with Gasteiger partial charge in [-0.3, -0.25) is 9.69 Å². The van der Waals surface area contributed by atoms with E-state index in [0.717, 1.165) is 18.5 Å². The Kier molecular flexibility index (Phi) is 3.92. The van der Waals surface area contributed by atoms with Crippen LogP contribution in [0.15, 0.2) is 24.3 Å². The summed E-state index contributed by atoms with van der Waals surface area (Å²) in [7, 11) is 1.98. The van der Waals surface area contributed by atoms with Gasteiger partial charge in [0.15, 0.2) is 0 Å². The summed E-state index contributed by atoms with van der Waals surface area (Å²) in [6, 6.07) is 7.87. The number of carbonyl (C=O) groups is 1. The van der Waals surface area contributed by atoms with Crippen LogP contribution in [0.5, 0.6) is 0 Å². The molecule has 1 aromatic rings. The number of nitrogens with one attached hydrogen (secondary N) is 1. The van der Waals surface area contributed by atoms with Crippen molar-refractivity contribution in [3.63, 3.8) is 0 Å². The average Bonchev–Trinajstić information content (AvgIpc) is 2.56. The zero-order chi connectivity index (χ0) is 14.0. The van der Waals surface area contributed by atoms with Gasteiger partial charge >= 0.3 is 0 Å². The van der Waals surface area contributed by atoms with E-state index in [1.807, 2.05) is 25.2 Å². The molecule has 0 aliphatic carbocycles. The van der Waals surface area contributed by atoms with Crippen LogP contribution in [0.4, 0.5) is 5.69 Å². The van der Waals surface area contributed by atoms with Gasteiger partial charge in [-0.1, -0.05) is 18.2 Å². The van der Waals surface area contributed by atoms with Crippen molar-refractivity contribution >= 4 is 11.6 Å². The summed E-state index contributed by atoms with van der Waals surface area (Å²) < 4.78 is 0.